The number of nitrogens with zero attached hydrogens (tertiary/aromatic N) is 6. The predicted molar refractivity (Wildman–Crippen MR) is 178 cm³/mol. The number of hydrogen-bond donors (Lipinski definition) is 0. The molecule has 0 N–H and O–H groups in total. The van der Waals surface area contributed by atoms with Gasteiger partial charge in [-0.1, -0.05) is 22.7 Å². The number of aromatic nitrogens is 6. The summed E-state index contributed by atoms with van der Waals surface area (Å²) in [6.07, 6.45) is 4.02. The molecule has 6 rings (SSSR count). The van der Waals surface area contributed by atoms with Crippen LogP contribution in [0.1, 0.15) is 26.7 Å². The second kappa shape index (κ2) is 15.8. The molecule has 6 aromatic rings. The van der Waals surface area contributed by atoms with Crippen molar-refractivity contribution >= 4 is 65.2 Å². The molecular formula is C30H28F2N6O7S4. The fraction of sp³-hybridized carbons (Fsp3) is 0.267. The van der Waals surface area contributed by atoms with Gasteiger partial charge in [-0.15, -0.1) is 10.2 Å². The van der Waals surface area contributed by atoms with Crippen molar-refractivity contribution < 1.29 is 40.5 Å². The lowest BCUT2D eigenvalue weighted by molar-refractivity contribution is -0.141. The lowest BCUT2D eigenvalue weighted by Crippen LogP contribution is -2.10. The lowest BCUT2D eigenvalue weighted by atomic mass is 10.2. The van der Waals surface area contributed by atoms with Crippen molar-refractivity contribution in [2.75, 3.05) is 24.7 Å². The monoisotopic (exact) mass is 750 g/mol. The SMILES string of the molecule is CC(=O)OCCCS(=O)(=O)c1nn2cc(-c3ccc(F)cc3)nc2s1.CC(=O)OCCCS(=O)c1nn2cc(-c3ccc(F)cc3)nc2s1. The second-order valence-electron chi connectivity index (χ2n) is 10.2. The maximum Gasteiger partial charge on any atom is 0.302 e. The van der Waals surface area contributed by atoms with Crippen LogP contribution in [0.5, 0.6) is 0 Å². The van der Waals surface area contributed by atoms with E-state index < -0.39 is 26.6 Å². The molecule has 1 unspecified atom stereocenters. The van der Waals surface area contributed by atoms with Crippen LogP contribution in [-0.4, -0.2) is 78.5 Å². The molecule has 1 atom stereocenters. The summed E-state index contributed by atoms with van der Waals surface area (Å²) in [6.45, 7) is 2.90. The first-order chi connectivity index (χ1) is 23.4. The average Bonchev–Trinajstić information content (AvgIpc) is 3.83. The maximum atomic E-state index is 13.0. The number of ether oxygens (including phenoxy) is 2. The Balaban J connectivity index is 0.000000191. The Morgan fingerprint density at radius 1 is 0.776 bits per heavy atom. The molecule has 4 heterocycles. The summed E-state index contributed by atoms with van der Waals surface area (Å²) >= 11 is 2.21. The highest BCUT2D eigenvalue weighted by molar-refractivity contribution is 7.93. The zero-order valence-electron chi connectivity index (χ0n) is 25.9. The van der Waals surface area contributed by atoms with Crippen LogP contribution in [0.4, 0.5) is 8.78 Å². The summed E-state index contributed by atoms with van der Waals surface area (Å²) in [5.74, 6) is -1.23. The van der Waals surface area contributed by atoms with Gasteiger partial charge < -0.3 is 9.47 Å². The molecule has 258 valence electrons. The summed E-state index contributed by atoms with van der Waals surface area (Å²) in [6, 6.07) is 11.9. The standard InChI is InChI=1S/C15H14FN3O4S2.C15H14FN3O3S2/c1-10(20)23-7-2-8-25(21,22)15-18-19-9-13(17-14(19)24-15)11-3-5-12(16)6-4-11;1-10(20)22-7-2-8-24(21)15-18-19-9-13(17-14(19)23-15)11-3-5-12(16)6-4-11/h3-6,9H,2,7-8H2,1H3;3-6,9H,2,7-8H2,1H3. The van der Waals surface area contributed by atoms with E-state index in [0.29, 0.717) is 43.4 Å². The molecule has 0 aliphatic rings. The van der Waals surface area contributed by atoms with E-state index in [4.69, 9.17) is 9.47 Å². The minimum atomic E-state index is -3.57. The van der Waals surface area contributed by atoms with Crippen molar-refractivity contribution in [2.24, 2.45) is 0 Å². The lowest BCUT2D eigenvalue weighted by Gasteiger charge is -2.01. The fourth-order valence-electron chi connectivity index (χ4n) is 4.15. The Kier molecular flexibility index (Phi) is 11.6. The van der Waals surface area contributed by atoms with Gasteiger partial charge in [0, 0.05) is 30.7 Å². The highest BCUT2D eigenvalue weighted by atomic mass is 32.2. The molecule has 0 saturated heterocycles. The Hall–Kier alpha value is -4.46. The highest BCUT2D eigenvalue weighted by Gasteiger charge is 2.21. The third kappa shape index (κ3) is 9.58. The number of carbonyl (C=O) groups is 2. The summed E-state index contributed by atoms with van der Waals surface area (Å²) in [5, 5.41) is 8.35. The van der Waals surface area contributed by atoms with E-state index in [-0.39, 0.29) is 47.3 Å². The first-order valence-corrected chi connectivity index (χ1v) is 19.1. The van der Waals surface area contributed by atoms with Crippen molar-refractivity contribution in [2.45, 2.75) is 35.4 Å². The van der Waals surface area contributed by atoms with E-state index in [2.05, 4.69) is 20.2 Å². The van der Waals surface area contributed by atoms with Crippen molar-refractivity contribution in [3.8, 4) is 22.5 Å². The zero-order chi connectivity index (χ0) is 35.1. The molecule has 0 saturated carbocycles. The first-order valence-electron chi connectivity index (χ1n) is 14.5. The van der Waals surface area contributed by atoms with Crippen molar-refractivity contribution in [3.05, 3.63) is 72.6 Å². The van der Waals surface area contributed by atoms with E-state index in [9.17, 15) is 31.0 Å². The van der Waals surface area contributed by atoms with Crippen LogP contribution in [-0.2, 0) is 39.7 Å². The van der Waals surface area contributed by atoms with Gasteiger partial charge in [0.2, 0.25) is 28.4 Å². The molecule has 0 aliphatic carbocycles. The minimum absolute atomic E-state index is 0.0384. The van der Waals surface area contributed by atoms with Gasteiger partial charge in [0.05, 0.1) is 53.5 Å². The molecule has 19 heteroatoms. The minimum Gasteiger partial charge on any atom is -0.466 e. The van der Waals surface area contributed by atoms with Gasteiger partial charge in [-0.05, 0) is 61.4 Å². The largest absolute Gasteiger partial charge is 0.466 e. The van der Waals surface area contributed by atoms with Crippen LogP contribution < -0.4 is 0 Å². The van der Waals surface area contributed by atoms with E-state index in [1.54, 1.807) is 41.2 Å². The normalized spacial score (nSPS) is 12.1. The molecule has 2 aromatic carbocycles. The van der Waals surface area contributed by atoms with Crippen LogP contribution in [0.3, 0.4) is 0 Å². The maximum absolute atomic E-state index is 13.0. The van der Waals surface area contributed by atoms with Crippen molar-refractivity contribution in [3.63, 3.8) is 0 Å². The van der Waals surface area contributed by atoms with Crippen LogP contribution in [0, 0.1) is 11.6 Å². The van der Waals surface area contributed by atoms with Crippen LogP contribution in [0.2, 0.25) is 0 Å². The first kappa shape index (κ1) is 35.8. The highest BCUT2D eigenvalue weighted by Crippen LogP contribution is 2.26. The smallest absolute Gasteiger partial charge is 0.302 e. The molecule has 0 aliphatic heterocycles. The van der Waals surface area contributed by atoms with E-state index in [1.165, 1.54) is 54.0 Å². The van der Waals surface area contributed by atoms with Crippen LogP contribution >= 0.6 is 22.7 Å². The Labute approximate surface area is 288 Å². The van der Waals surface area contributed by atoms with Gasteiger partial charge >= 0.3 is 11.9 Å². The van der Waals surface area contributed by atoms with E-state index >= 15 is 0 Å². The molecule has 13 nitrogen and oxygen atoms in total. The van der Waals surface area contributed by atoms with Crippen LogP contribution in [0.15, 0.2) is 69.6 Å². The molecule has 4 aromatic heterocycles. The molecule has 0 spiro atoms. The fourth-order valence-corrected chi connectivity index (χ4v) is 8.82. The van der Waals surface area contributed by atoms with Gasteiger partial charge in [-0.25, -0.2) is 36.2 Å². The number of fused-ring (bicyclic) bond motifs is 2. The predicted octanol–water partition coefficient (Wildman–Crippen LogP) is 4.98. The number of benzene rings is 2. The molecule has 49 heavy (non-hydrogen) atoms. The number of carbonyl (C=O) groups excluding carboxylic acids is 2. The molecule has 0 radical (unpaired) electrons. The summed E-state index contributed by atoms with van der Waals surface area (Å²) in [5.41, 5.74) is 2.77. The molecule has 0 fully saturated rings. The van der Waals surface area contributed by atoms with Gasteiger partial charge in [0.15, 0.2) is 0 Å². The Bertz CT molecular complexity index is 2150. The summed E-state index contributed by atoms with van der Waals surface area (Å²) in [7, 11) is -4.83. The number of sulfone groups is 1. The van der Waals surface area contributed by atoms with Crippen LogP contribution in [0.25, 0.3) is 32.4 Å². The van der Waals surface area contributed by atoms with Crippen molar-refractivity contribution in [1.82, 2.24) is 29.2 Å². The van der Waals surface area contributed by atoms with Crippen molar-refractivity contribution in [1.29, 1.82) is 0 Å². The number of imidazole rings is 2. The number of rotatable bonds is 12. The quantitative estimate of drug-likeness (QED) is 0.122. The number of halogens is 2. The van der Waals surface area contributed by atoms with Gasteiger partial charge in [0.1, 0.15) is 11.6 Å². The Morgan fingerprint density at radius 2 is 1.27 bits per heavy atom. The van der Waals surface area contributed by atoms with Gasteiger partial charge in [-0.2, -0.15) is 0 Å². The molecular weight excluding hydrogens is 723 g/mol. The van der Waals surface area contributed by atoms with Gasteiger partial charge in [0.25, 0.3) is 0 Å². The topological polar surface area (TPSA) is 164 Å². The second-order valence-corrected chi connectivity index (χ2v) is 16.2. The summed E-state index contributed by atoms with van der Waals surface area (Å²) < 4.78 is 75.6. The van der Waals surface area contributed by atoms with Gasteiger partial charge in [-0.3, -0.25) is 13.8 Å². The Morgan fingerprint density at radius 3 is 1.76 bits per heavy atom. The third-order valence-corrected chi connectivity index (χ3v) is 12.3. The summed E-state index contributed by atoms with van der Waals surface area (Å²) in [4.78, 5) is 31.2. The van der Waals surface area contributed by atoms with E-state index in [0.717, 1.165) is 16.9 Å². The number of esters is 2. The third-order valence-electron chi connectivity index (χ3n) is 6.43. The average molecular weight is 751 g/mol. The van der Waals surface area contributed by atoms with E-state index in [1.807, 2.05) is 0 Å². The zero-order valence-corrected chi connectivity index (χ0v) is 29.2. The molecule has 0 amide bonds. The number of hydrogen-bond acceptors (Lipinski definition) is 13. The molecule has 0 bridgehead atoms.